The summed E-state index contributed by atoms with van der Waals surface area (Å²) in [6.07, 6.45) is 0.179. The molecule has 0 aliphatic carbocycles. The van der Waals surface area contributed by atoms with E-state index < -0.39 is 12.1 Å². The minimum Gasteiger partial charge on any atom is -0.496 e. The normalized spacial score (nSPS) is 17.7. The van der Waals surface area contributed by atoms with Crippen LogP contribution in [-0.2, 0) is 16.1 Å². The van der Waals surface area contributed by atoms with Crippen molar-refractivity contribution in [2.24, 2.45) is 0 Å². The molecular weight excluding hydrogens is 360 g/mol. The molecule has 1 heterocycles. The molecule has 0 bridgehead atoms. The molecule has 2 atom stereocenters. The Hall–Kier alpha value is -3.22. The van der Waals surface area contributed by atoms with Crippen LogP contribution in [-0.4, -0.2) is 32.3 Å². The van der Waals surface area contributed by atoms with Gasteiger partial charge in [-0.15, -0.1) is 0 Å². The summed E-state index contributed by atoms with van der Waals surface area (Å²) in [6.45, 7) is 2.21. The molecule has 28 heavy (non-hydrogen) atoms. The topological polar surface area (TPSA) is 85.9 Å². The number of ether oxygens (including phenoxy) is 3. The maximum Gasteiger partial charge on any atom is 0.407 e. The van der Waals surface area contributed by atoms with E-state index in [2.05, 4.69) is 10.6 Å². The SMILES string of the molecule is COC(=O)c1cc2c(cc1OC)C(NC(=O)OCc1ccccc1)CC(C)N2. The number of anilines is 1. The number of alkyl carbamates (subject to hydrolysis) is 1. The van der Waals surface area contributed by atoms with Crippen molar-refractivity contribution in [3.63, 3.8) is 0 Å². The molecule has 148 valence electrons. The summed E-state index contributed by atoms with van der Waals surface area (Å²) in [5.41, 5.74) is 2.84. The first kappa shape index (κ1) is 19.5. The molecule has 3 rings (SSSR count). The first-order chi connectivity index (χ1) is 13.5. The van der Waals surface area contributed by atoms with Gasteiger partial charge in [0.05, 0.1) is 20.3 Å². The molecule has 2 unspecified atom stereocenters. The van der Waals surface area contributed by atoms with Gasteiger partial charge in [0.15, 0.2) is 0 Å². The number of esters is 1. The van der Waals surface area contributed by atoms with Gasteiger partial charge in [-0.1, -0.05) is 30.3 Å². The van der Waals surface area contributed by atoms with E-state index in [1.165, 1.54) is 14.2 Å². The Labute approximate surface area is 164 Å². The second-order valence-corrected chi connectivity index (χ2v) is 6.67. The summed E-state index contributed by atoms with van der Waals surface area (Å²) in [7, 11) is 2.81. The fourth-order valence-electron chi connectivity index (χ4n) is 3.30. The predicted octanol–water partition coefficient (Wildman–Crippen LogP) is 3.65. The third kappa shape index (κ3) is 4.36. The molecule has 1 aliphatic rings. The second kappa shape index (κ2) is 8.65. The van der Waals surface area contributed by atoms with E-state index in [1.54, 1.807) is 12.1 Å². The van der Waals surface area contributed by atoms with Gasteiger partial charge in [-0.05, 0) is 31.0 Å². The van der Waals surface area contributed by atoms with Crippen molar-refractivity contribution < 1.29 is 23.8 Å². The fraction of sp³-hybridized carbons (Fsp3) is 0.333. The Morgan fingerprint density at radius 2 is 1.93 bits per heavy atom. The van der Waals surface area contributed by atoms with Crippen LogP contribution in [0.2, 0.25) is 0 Å². The van der Waals surface area contributed by atoms with Crippen molar-refractivity contribution in [2.45, 2.75) is 32.0 Å². The fourth-order valence-corrected chi connectivity index (χ4v) is 3.30. The quantitative estimate of drug-likeness (QED) is 0.766. The lowest BCUT2D eigenvalue weighted by Gasteiger charge is -2.32. The highest BCUT2D eigenvalue weighted by atomic mass is 16.5. The van der Waals surface area contributed by atoms with Gasteiger partial charge < -0.3 is 24.8 Å². The minimum atomic E-state index is -0.495. The molecule has 2 aromatic rings. The first-order valence-corrected chi connectivity index (χ1v) is 9.05. The summed E-state index contributed by atoms with van der Waals surface area (Å²) in [4.78, 5) is 24.3. The van der Waals surface area contributed by atoms with Crippen LogP contribution in [0.5, 0.6) is 5.75 Å². The summed E-state index contributed by atoms with van der Waals surface area (Å²) in [6, 6.07) is 12.8. The molecule has 7 heteroatoms. The number of methoxy groups -OCH3 is 2. The van der Waals surface area contributed by atoms with Crippen LogP contribution in [0.25, 0.3) is 0 Å². The number of rotatable bonds is 5. The summed E-state index contributed by atoms with van der Waals surface area (Å²) < 4.78 is 15.5. The Morgan fingerprint density at radius 1 is 1.18 bits per heavy atom. The van der Waals surface area contributed by atoms with Crippen LogP contribution in [0, 0.1) is 0 Å². The van der Waals surface area contributed by atoms with Gasteiger partial charge in [-0.25, -0.2) is 9.59 Å². The van der Waals surface area contributed by atoms with Crippen molar-refractivity contribution in [2.75, 3.05) is 19.5 Å². The zero-order valence-corrected chi connectivity index (χ0v) is 16.2. The number of fused-ring (bicyclic) bond motifs is 1. The van der Waals surface area contributed by atoms with Crippen LogP contribution in [0.4, 0.5) is 10.5 Å². The lowest BCUT2D eigenvalue weighted by atomic mass is 9.92. The van der Waals surface area contributed by atoms with Crippen molar-refractivity contribution in [1.29, 1.82) is 0 Å². The molecule has 0 aromatic heterocycles. The Balaban J connectivity index is 1.78. The number of amides is 1. The Morgan fingerprint density at radius 3 is 2.61 bits per heavy atom. The smallest absolute Gasteiger partial charge is 0.407 e. The molecule has 1 amide bonds. The summed E-state index contributed by atoms with van der Waals surface area (Å²) in [5, 5.41) is 6.25. The van der Waals surface area contributed by atoms with E-state index in [9.17, 15) is 9.59 Å². The van der Waals surface area contributed by atoms with E-state index >= 15 is 0 Å². The van der Waals surface area contributed by atoms with Crippen molar-refractivity contribution >= 4 is 17.7 Å². The highest BCUT2D eigenvalue weighted by Gasteiger charge is 2.29. The van der Waals surface area contributed by atoms with Crippen LogP contribution in [0.15, 0.2) is 42.5 Å². The van der Waals surface area contributed by atoms with Crippen LogP contribution in [0.3, 0.4) is 0 Å². The van der Waals surface area contributed by atoms with E-state index in [4.69, 9.17) is 14.2 Å². The van der Waals surface area contributed by atoms with Gasteiger partial charge >= 0.3 is 12.1 Å². The van der Waals surface area contributed by atoms with Gasteiger partial charge in [0, 0.05) is 17.3 Å². The number of nitrogens with one attached hydrogen (secondary N) is 2. The number of benzene rings is 2. The van der Waals surface area contributed by atoms with Gasteiger partial charge in [-0.2, -0.15) is 0 Å². The number of hydrogen-bond donors (Lipinski definition) is 2. The third-order valence-electron chi connectivity index (χ3n) is 4.65. The molecule has 2 N–H and O–H groups in total. The first-order valence-electron chi connectivity index (χ1n) is 9.05. The molecule has 0 saturated heterocycles. The van der Waals surface area contributed by atoms with E-state index in [1.807, 2.05) is 37.3 Å². The summed E-state index contributed by atoms with van der Waals surface area (Å²) in [5.74, 6) is -0.0853. The maximum atomic E-state index is 12.3. The molecule has 0 fully saturated rings. The second-order valence-electron chi connectivity index (χ2n) is 6.67. The largest absolute Gasteiger partial charge is 0.496 e. The zero-order valence-electron chi connectivity index (χ0n) is 16.2. The monoisotopic (exact) mass is 384 g/mol. The Bertz CT molecular complexity index is 853. The average molecular weight is 384 g/mol. The minimum absolute atomic E-state index is 0.103. The lowest BCUT2D eigenvalue weighted by Crippen LogP contribution is -2.36. The molecule has 2 aromatic carbocycles. The number of carbonyl (C=O) groups is 2. The average Bonchev–Trinajstić information content (AvgIpc) is 2.71. The van der Waals surface area contributed by atoms with Gasteiger partial charge in [0.1, 0.15) is 17.9 Å². The predicted molar refractivity (Wildman–Crippen MR) is 105 cm³/mol. The molecule has 1 aliphatic heterocycles. The Kier molecular flexibility index (Phi) is 6.03. The van der Waals surface area contributed by atoms with Gasteiger partial charge in [0.2, 0.25) is 0 Å². The maximum absolute atomic E-state index is 12.3. The van der Waals surface area contributed by atoms with Crippen LogP contribution < -0.4 is 15.4 Å². The van der Waals surface area contributed by atoms with Crippen LogP contribution in [0.1, 0.15) is 40.9 Å². The lowest BCUT2D eigenvalue weighted by molar-refractivity contribution is 0.0597. The van der Waals surface area contributed by atoms with E-state index in [0.717, 1.165) is 16.8 Å². The van der Waals surface area contributed by atoms with Gasteiger partial charge in [-0.3, -0.25) is 0 Å². The van der Waals surface area contributed by atoms with E-state index in [0.29, 0.717) is 17.7 Å². The highest BCUT2D eigenvalue weighted by molar-refractivity contribution is 5.94. The molecule has 0 saturated carbocycles. The highest BCUT2D eigenvalue weighted by Crippen LogP contribution is 2.37. The van der Waals surface area contributed by atoms with Crippen LogP contribution >= 0.6 is 0 Å². The van der Waals surface area contributed by atoms with Gasteiger partial charge in [0.25, 0.3) is 0 Å². The van der Waals surface area contributed by atoms with Crippen molar-refractivity contribution in [3.8, 4) is 5.75 Å². The van der Waals surface area contributed by atoms with Crippen molar-refractivity contribution in [1.82, 2.24) is 5.32 Å². The van der Waals surface area contributed by atoms with Crippen molar-refractivity contribution in [3.05, 3.63) is 59.2 Å². The molecule has 0 radical (unpaired) electrons. The standard InChI is InChI=1S/C21H24N2O5/c1-13-9-17(23-21(25)28-12-14-7-5-4-6-8-14)15-11-19(26-2)16(20(24)27-3)10-18(15)22-13/h4-8,10-11,13,17,22H,9,12H2,1-3H3,(H,23,25). The molecule has 0 spiro atoms. The number of hydrogen-bond acceptors (Lipinski definition) is 6. The number of carbonyl (C=O) groups excluding carboxylic acids is 2. The molecular formula is C21H24N2O5. The van der Waals surface area contributed by atoms with E-state index in [-0.39, 0.29) is 18.7 Å². The molecule has 7 nitrogen and oxygen atoms in total. The third-order valence-corrected chi connectivity index (χ3v) is 4.65. The summed E-state index contributed by atoms with van der Waals surface area (Å²) >= 11 is 0. The zero-order chi connectivity index (χ0) is 20.1.